The molecule has 0 aromatic carbocycles. The maximum Gasteiger partial charge on any atom is 0.0195 e. The highest BCUT2D eigenvalue weighted by Gasteiger charge is 2.23. The zero-order valence-corrected chi connectivity index (χ0v) is 10.8. The lowest BCUT2D eigenvalue weighted by atomic mass is 9.96. The van der Waals surface area contributed by atoms with E-state index >= 15 is 0 Å². The van der Waals surface area contributed by atoms with Gasteiger partial charge in [-0.05, 0) is 46.0 Å². The van der Waals surface area contributed by atoms with Crippen LogP contribution in [0.1, 0.15) is 46.0 Å². The van der Waals surface area contributed by atoms with Gasteiger partial charge in [0, 0.05) is 31.7 Å². The Labute approximate surface area is 100 Å². The van der Waals surface area contributed by atoms with E-state index in [1.807, 2.05) is 0 Å². The average Bonchev–Trinajstić information content (AvgIpc) is 2.30. The molecule has 0 aromatic rings. The van der Waals surface area contributed by atoms with Gasteiger partial charge in [-0.25, -0.2) is 0 Å². The van der Waals surface area contributed by atoms with E-state index in [4.69, 9.17) is 0 Å². The number of piperazine rings is 1. The quantitative estimate of drug-likeness (QED) is 0.738. The summed E-state index contributed by atoms with van der Waals surface area (Å²) in [6, 6.07) is 1.40. The van der Waals surface area contributed by atoms with Crippen LogP contribution in [-0.2, 0) is 0 Å². The third-order valence-corrected chi connectivity index (χ3v) is 4.09. The Kier molecular flexibility index (Phi) is 4.42. The van der Waals surface area contributed by atoms with Gasteiger partial charge in [0.25, 0.3) is 0 Å². The van der Waals surface area contributed by atoms with Gasteiger partial charge in [0.05, 0.1) is 0 Å². The van der Waals surface area contributed by atoms with Gasteiger partial charge in [-0.3, -0.25) is 4.90 Å². The molecule has 1 fully saturated rings. The summed E-state index contributed by atoms with van der Waals surface area (Å²) in [5.74, 6) is 0. The normalized spacial score (nSPS) is 32.5. The summed E-state index contributed by atoms with van der Waals surface area (Å²) >= 11 is 0. The minimum absolute atomic E-state index is 0.702. The molecule has 0 bridgehead atoms. The van der Waals surface area contributed by atoms with Crippen LogP contribution in [0, 0.1) is 0 Å². The van der Waals surface area contributed by atoms with Crippen LogP contribution in [0.15, 0.2) is 11.6 Å². The number of hydrogen-bond donors (Lipinski definition) is 1. The summed E-state index contributed by atoms with van der Waals surface area (Å²) in [6.07, 6.45) is 9.29. The molecule has 0 saturated carbocycles. The molecule has 2 atom stereocenters. The van der Waals surface area contributed by atoms with E-state index in [-0.39, 0.29) is 0 Å². The molecule has 2 rings (SSSR count). The van der Waals surface area contributed by atoms with Crippen molar-refractivity contribution in [2.75, 3.05) is 19.6 Å². The zero-order chi connectivity index (χ0) is 11.4. The molecule has 2 nitrogen and oxygen atoms in total. The van der Waals surface area contributed by atoms with Gasteiger partial charge in [0.15, 0.2) is 0 Å². The first-order valence-corrected chi connectivity index (χ1v) is 6.91. The minimum atomic E-state index is 0.702. The SMILES string of the molecule is CC1CNCC(C)N1CCC1=CCCCC1. The summed E-state index contributed by atoms with van der Waals surface area (Å²) in [5, 5.41) is 3.50. The highest BCUT2D eigenvalue weighted by Crippen LogP contribution is 2.21. The summed E-state index contributed by atoms with van der Waals surface area (Å²) in [7, 11) is 0. The lowest BCUT2D eigenvalue weighted by molar-refractivity contribution is 0.118. The maximum absolute atomic E-state index is 3.50. The first-order valence-electron chi connectivity index (χ1n) is 6.91. The van der Waals surface area contributed by atoms with Crippen molar-refractivity contribution in [3.05, 3.63) is 11.6 Å². The number of nitrogens with zero attached hydrogens (tertiary/aromatic N) is 1. The largest absolute Gasteiger partial charge is 0.314 e. The molecular formula is C14H26N2. The monoisotopic (exact) mass is 222 g/mol. The van der Waals surface area contributed by atoms with E-state index in [0.29, 0.717) is 12.1 Å². The van der Waals surface area contributed by atoms with E-state index in [1.54, 1.807) is 5.57 Å². The molecule has 16 heavy (non-hydrogen) atoms. The fourth-order valence-electron chi connectivity index (χ4n) is 3.02. The molecule has 2 heteroatoms. The smallest absolute Gasteiger partial charge is 0.0195 e. The van der Waals surface area contributed by atoms with Gasteiger partial charge >= 0.3 is 0 Å². The third kappa shape index (κ3) is 3.08. The molecule has 1 aliphatic carbocycles. The van der Waals surface area contributed by atoms with Crippen LogP contribution in [0.3, 0.4) is 0 Å². The van der Waals surface area contributed by atoms with E-state index in [1.165, 1.54) is 38.6 Å². The summed E-state index contributed by atoms with van der Waals surface area (Å²) in [4.78, 5) is 2.67. The molecule has 1 aliphatic heterocycles. The van der Waals surface area contributed by atoms with Crippen LogP contribution in [0.4, 0.5) is 0 Å². The molecule has 1 heterocycles. The van der Waals surface area contributed by atoms with Crippen LogP contribution < -0.4 is 5.32 Å². The van der Waals surface area contributed by atoms with Crippen molar-refractivity contribution >= 4 is 0 Å². The predicted octanol–water partition coefficient (Wildman–Crippen LogP) is 2.56. The van der Waals surface area contributed by atoms with Gasteiger partial charge in [-0.1, -0.05) is 11.6 Å². The summed E-state index contributed by atoms with van der Waals surface area (Å²) in [5.41, 5.74) is 1.71. The zero-order valence-electron chi connectivity index (χ0n) is 10.8. The van der Waals surface area contributed by atoms with Crippen molar-refractivity contribution in [2.24, 2.45) is 0 Å². The predicted molar refractivity (Wildman–Crippen MR) is 69.7 cm³/mol. The fourth-order valence-corrected chi connectivity index (χ4v) is 3.02. The van der Waals surface area contributed by atoms with E-state index in [0.717, 1.165) is 13.1 Å². The number of rotatable bonds is 3. The summed E-state index contributed by atoms with van der Waals surface area (Å²) in [6.45, 7) is 8.26. The van der Waals surface area contributed by atoms with Gasteiger partial charge in [-0.15, -0.1) is 0 Å². The van der Waals surface area contributed by atoms with Gasteiger partial charge < -0.3 is 5.32 Å². The molecule has 0 radical (unpaired) electrons. The van der Waals surface area contributed by atoms with Crippen LogP contribution in [0.2, 0.25) is 0 Å². The standard InChI is InChI=1S/C14H26N2/c1-12-10-15-11-13(2)16(12)9-8-14-6-4-3-5-7-14/h6,12-13,15H,3-5,7-11H2,1-2H3. The van der Waals surface area contributed by atoms with Gasteiger partial charge in [-0.2, -0.15) is 0 Å². The molecule has 92 valence electrons. The molecule has 0 aromatic heterocycles. The minimum Gasteiger partial charge on any atom is -0.314 e. The first-order chi connectivity index (χ1) is 7.77. The molecule has 2 aliphatic rings. The Bertz CT molecular complexity index is 237. The molecule has 0 spiro atoms. The second-order valence-corrected chi connectivity index (χ2v) is 5.45. The molecule has 0 amide bonds. The second-order valence-electron chi connectivity index (χ2n) is 5.45. The average molecular weight is 222 g/mol. The molecule has 1 N–H and O–H groups in total. The van der Waals surface area contributed by atoms with Crippen molar-refractivity contribution < 1.29 is 0 Å². The number of hydrogen-bond acceptors (Lipinski definition) is 2. The van der Waals surface area contributed by atoms with Gasteiger partial charge in [0.2, 0.25) is 0 Å². The van der Waals surface area contributed by atoms with Crippen molar-refractivity contribution in [2.45, 2.75) is 58.0 Å². The first kappa shape index (κ1) is 12.1. The van der Waals surface area contributed by atoms with E-state index in [2.05, 4.69) is 30.1 Å². The Hall–Kier alpha value is -0.340. The maximum atomic E-state index is 3.50. The Morgan fingerprint density at radius 1 is 1.25 bits per heavy atom. The number of allylic oxidation sites excluding steroid dienone is 1. The molecule has 1 saturated heterocycles. The van der Waals surface area contributed by atoms with Crippen LogP contribution in [-0.4, -0.2) is 36.6 Å². The van der Waals surface area contributed by atoms with Crippen molar-refractivity contribution in [3.8, 4) is 0 Å². The fraction of sp³-hybridized carbons (Fsp3) is 0.857. The lowest BCUT2D eigenvalue weighted by Crippen LogP contribution is -2.55. The third-order valence-electron chi connectivity index (χ3n) is 4.09. The Morgan fingerprint density at radius 3 is 2.62 bits per heavy atom. The molecule has 2 unspecified atom stereocenters. The lowest BCUT2D eigenvalue weighted by Gasteiger charge is -2.39. The van der Waals surface area contributed by atoms with Crippen LogP contribution in [0.25, 0.3) is 0 Å². The van der Waals surface area contributed by atoms with Crippen molar-refractivity contribution in [1.29, 1.82) is 0 Å². The molecular weight excluding hydrogens is 196 g/mol. The second kappa shape index (κ2) is 5.83. The van der Waals surface area contributed by atoms with Crippen molar-refractivity contribution in [3.63, 3.8) is 0 Å². The Balaban J connectivity index is 1.81. The van der Waals surface area contributed by atoms with Crippen LogP contribution >= 0.6 is 0 Å². The number of nitrogens with one attached hydrogen (secondary N) is 1. The topological polar surface area (TPSA) is 15.3 Å². The highest BCUT2D eigenvalue weighted by atomic mass is 15.2. The van der Waals surface area contributed by atoms with E-state index in [9.17, 15) is 0 Å². The van der Waals surface area contributed by atoms with Gasteiger partial charge in [0.1, 0.15) is 0 Å². The Morgan fingerprint density at radius 2 is 2.00 bits per heavy atom. The highest BCUT2D eigenvalue weighted by molar-refractivity contribution is 5.05. The van der Waals surface area contributed by atoms with Crippen molar-refractivity contribution in [1.82, 2.24) is 10.2 Å². The van der Waals surface area contributed by atoms with E-state index < -0.39 is 0 Å². The summed E-state index contributed by atoms with van der Waals surface area (Å²) < 4.78 is 0. The van der Waals surface area contributed by atoms with Crippen LogP contribution in [0.5, 0.6) is 0 Å².